The number of halogens is 2. The summed E-state index contributed by atoms with van der Waals surface area (Å²) in [5.74, 6) is -2.34. The molecular weight excluding hydrogens is 356 g/mol. The van der Waals surface area contributed by atoms with E-state index in [4.69, 9.17) is 0 Å². The van der Waals surface area contributed by atoms with Gasteiger partial charge in [0.2, 0.25) is 0 Å². The molecule has 7 nitrogen and oxygen atoms in total. The van der Waals surface area contributed by atoms with Crippen LogP contribution in [0.5, 0.6) is 0 Å². The molecule has 0 aliphatic heterocycles. The molecule has 0 radical (unpaired) electrons. The standard InChI is InChI=1S/C18H17F2N5O2/c1-11-10-12(2)25(22-11)15-6-7-16(26)24(23-15)9-8-21-18(27)17-13(19)4-3-5-14(17)20/h3-7,10H,8-9H2,1-2H3,(H,21,27). The molecule has 0 aliphatic rings. The maximum absolute atomic E-state index is 13.6. The van der Waals surface area contributed by atoms with Crippen LogP contribution in [0.4, 0.5) is 8.78 Å². The molecule has 0 fully saturated rings. The summed E-state index contributed by atoms with van der Waals surface area (Å²) in [5.41, 5.74) is 0.639. The molecule has 0 atom stereocenters. The summed E-state index contributed by atoms with van der Waals surface area (Å²) in [6, 6.07) is 7.95. The smallest absolute Gasteiger partial charge is 0.266 e. The average molecular weight is 373 g/mol. The quantitative estimate of drug-likeness (QED) is 0.739. The minimum Gasteiger partial charge on any atom is -0.350 e. The zero-order valence-electron chi connectivity index (χ0n) is 14.7. The van der Waals surface area contributed by atoms with Crippen molar-refractivity contribution in [2.45, 2.75) is 20.4 Å². The molecule has 9 heteroatoms. The summed E-state index contributed by atoms with van der Waals surface area (Å²) in [4.78, 5) is 24.0. The van der Waals surface area contributed by atoms with Gasteiger partial charge in [-0.3, -0.25) is 9.59 Å². The highest BCUT2D eigenvalue weighted by Gasteiger charge is 2.16. The van der Waals surface area contributed by atoms with E-state index in [-0.39, 0.29) is 18.6 Å². The monoisotopic (exact) mass is 373 g/mol. The first-order valence-electron chi connectivity index (χ1n) is 8.21. The van der Waals surface area contributed by atoms with Gasteiger partial charge in [0, 0.05) is 18.3 Å². The number of nitrogens with zero attached hydrogens (tertiary/aromatic N) is 4. The van der Waals surface area contributed by atoms with Gasteiger partial charge in [0.15, 0.2) is 5.82 Å². The highest BCUT2D eigenvalue weighted by Crippen LogP contribution is 2.11. The number of nitrogens with one attached hydrogen (secondary N) is 1. The van der Waals surface area contributed by atoms with Gasteiger partial charge in [-0.1, -0.05) is 6.07 Å². The maximum atomic E-state index is 13.6. The van der Waals surface area contributed by atoms with Crippen molar-refractivity contribution in [1.29, 1.82) is 0 Å². The van der Waals surface area contributed by atoms with Crippen LogP contribution in [0.3, 0.4) is 0 Å². The van der Waals surface area contributed by atoms with Crippen molar-refractivity contribution in [2.75, 3.05) is 6.54 Å². The van der Waals surface area contributed by atoms with E-state index in [0.29, 0.717) is 5.82 Å². The van der Waals surface area contributed by atoms with Crippen molar-refractivity contribution in [2.24, 2.45) is 0 Å². The van der Waals surface area contributed by atoms with E-state index in [1.54, 1.807) is 10.7 Å². The molecule has 2 heterocycles. The number of carbonyl (C=O) groups excluding carboxylic acids is 1. The van der Waals surface area contributed by atoms with Gasteiger partial charge in [-0.15, -0.1) is 5.10 Å². The van der Waals surface area contributed by atoms with E-state index in [9.17, 15) is 18.4 Å². The first-order chi connectivity index (χ1) is 12.9. The minimum atomic E-state index is -0.950. The van der Waals surface area contributed by atoms with Crippen molar-refractivity contribution < 1.29 is 13.6 Å². The Balaban J connectivity index is 1.73. The molecule has 1 aromatic carbocycles. The third-order valence-corrected chi connectivity index (χ3v) is 3.88. The first kappa shape index (κ1) is 18.4. The maximum Gasteiger partial charge on any atom is 0.266 e. The lowest BCUT2D eigenvalue weighted by molar-refractivity contribution is 0.0943. The van der Waals surface area contributed by atoms with Gasteiger partial charge in [-0.25, -0.2) is 18.1 Å². The molecule has 0 bridgehead atoms. The second-order valence-electron chi connectivity index (χ2n) is 5.94. The van der Waals surface area contributed by atoms with Gasteiger partial charge in [-0.05, 0) is 38.1 Å². The predicted octanol–water partition coefficient (Wildman–Crippen LogP) is 1.75. The van der Waals surface area contributed by atoms with Crippen molar-refractivity contribution in [3.63, 3.8) is 0 Å². The number of hydrogen-bond donors (Lipinski definition) is 1. The molecule has 0 unspecified atom stereocenters. The molecule has 0 saturated carbocycles. The summed E-state index contributed by atoms with van der Waals surface area (Å²) in [6.07, 6.45) is 0. The highest BCUT2D eigenvalue weighted by molar-refractivity contribution is 5.94. The SMILES string of the molecule is Cc1cc(C)n(-c2ccc(=O)n(CCNC(=O)c3c(F)cccc3F)n2)n1. The Bertz CT molecular complexity index is 1040. The Labute approximate surface area is 153 Å². The Morgan fingerprint density at radius 3 is 2.44 bits per heavy atom. The van der Waals surface area contributed by atoms with Crippen molar-refractivity contribution in [3.05, 3.63) is 75.3 Å². The fraction of sp³-hybridized carbons (Fsp3) is 0.222. The lowest BCUT2D eigenvalue weighted by Crippen LogP contribution is -2.33. The van der Waals surface area contributed by atoms with E-state index < -0.39 is 23.1 Å². The third kappa shape index (κ3) is 3.91. The Hall–Kier alpha value is -3.36. The van der Waals surface area contributed by atoms with E-state index >= 15 is 0 Å². The number of carbonyl (C=O) groups is 1. The third-order valence-electron chi connectivity index (χ3n) is 3.88. The van der Waals surface area contributed by atoms with Crippen LogP contribution < -0.4 is 10.9 Å². The Morgan fingerprint density at radius 2 is 1.81 bits per heavy atom. The van der Waals surface area contributed by atoms with Crippen molar-refractivity contribution in [1.82, 2.24) is 24.9 Å². The van der Waals surface area contributed by atoms with Gasteiger partial charge in [0.1, 0.15) is 17.2 Å². The predicted molar refractivity (Wildman–Crippen MR) is 93.8 cm³/mol. The van der Waals surface area contributed by atoms with Crippen LogP contribution in [0.1, 0.15) is 21.7 Å². The van der Waals surface area contributed by atoms with Gasteiger partial charge >= 0.3 is 0 Å². The van der Waals surface area contributed by atoms with Crippen LogP contribution >= 0.6 is 0 Å². The van der Waals surface area contributed by atoms with E-state index in [1.165, 1.54) is 12.1 Å². The zero-order chi connectivity index (χ0) is 19.6. The Kier molecular flexibility index (Phi) is 5.11. The van der Waals surface area contributed by atoms with Gasteiger partial charge in [0.25, 0.3) is 11.5 Å². The first-order valence-corrected chi connectivity index (χ1v) is 8.21. The van der Waals surface area contributed by atoms with Crippen molar-refractivity contribution in [3.8, 4) is 5.82 Å². The largest absolute Gasteiger partial charge is 0.350 e. The number of aromatic nitrogens is 4. The van der Waals surface area contributed by atoms with Crippen molar-refractivity contribution >= 4 is 5.91 Å². The molecule has 1 amide bonds. The lowest BCUT2D eigenvalue weighted by atomic mass is 10.2. The summed E-state index contributed by atoms with van der Waals surface area (Å²) in [5, 5.41) is 10.9. The van der Waals surface area contributed by atoms with Gasteiger partial charge in [0.05, 0.1) is 12.2 Å². The normalized spacial score (nSPS) is 10.8. The Morgan fingerprint density at radius 1 is 1.11 bits per heavy atom. The summed E-state index contributed by atoms with van der Waals surface area (Å²) in [7, 11) is 0. The van der Waals surface area contributed by atoms with Gasteiger partial charge in [-0.2, -0.15) is 5.10 Å². The molecular formula is C18H17F2N5O2. The molecule has 1 N–H and O–H groups in total. The second kappa shape index (κ2) is 7.48. The summed E-state index contributed by atoms with van der Waals surface area (Å²) in [6.45, 7) is 3.71. The zero-order valence-corrected chi connectivity index (χ0v) is 14.7. The lowest BCUT2D eigenvalue weighted by Gasteiger charge is -2.10. The second-order valence-corrected chi connectivity index (χ2v) is 5.94. The molecule has 27 heavy (non-hydrogen) atoms. The molecule has 0 spiro atoms. The van der Waals surface area contributed by atoms with Crippen LogP contribution in [0.15, 0.2) is 41.2 Å². The number of rotatable bonds is 5. The highest BCUT2D eigenvalue weighted by atomic mass is 19.1. The van der Waals surface area contributed by atoms with Crippen LogP contribution in [-0.2, 0) is 6.54 Å². The number of hydrogen-bond acceptors (Lipinski definition) is 4. The topological polar surface area (TPSA) is 81.8 Å². The molecule has 0 aliphatic carbocycles. The molecule has 3 rings (SSSR count). The molecule has 3 aromatic rings. The van der Waals surface area contributed by atoms with Crippen LogP contribution in [0.2, 0.25) is 0 Å². The van der Waals surface area contributed by atoms with Crippen LogP contribution in [0.25, 0.3) is 5.82 Å². The molecule has 2 aromatic heterocycles. The fourth-order valence-corrected chi connectivity index (χ4v) is 2.65. The van der Waals surface area contributed by atoms with Crippen LogP contribution in [0, 0.1) is 25.5 Å². The summed E-state index contributed by atoms with van der Waals surface area (Å²) < 4.78 is 30.0. The van der Waals surface area contributed by atoms with E-state index in [2.05, 4.69) is 15.5 Å². The summed E-state index contributed by atoms with van der Waals surface area (Å²) >= 11 is 0. The average Bonchev–Trinajstić information content (AvgIpc) is 2.95. The number of aryl methyl sites for hydroxylation is 2. The molecule has 140 valence electrons. The minimum absolute atomic E-state index is 0.0277. The van der Waals surface area contributed by atoms with E-state index in [0.717, 1.165) is 28.2 Å². The van der Waals surface area contributed by atoms with E-state index in [1.807, 2.05) is 19.9 Å². The van der Waals surface area contributed by atoms with Crippen LogP contribution in [-0.4, -0.2) is 32.0 Å². The number of amides is 1. The number of benzene rings is 1. The molecule has 0 saturated heterocycles. The van der Waals surface area contributed by atoms with Gasteiger partial charge < -0.3 is 5.32 Å². The fourth-order valence-electron chi connectivity index (χ4n) is 2.65.